The maximum Gasteiger partial charge on any atom is 0.251 e. The fourth-order valence-corrected chi connectivity index (χ4v) is 2.13. The van der Waals surface area contributed by atoms with Crippen molar-refractivity contribution in [3.8, 4) is 0 Å². The van der Waals surface area contributed by atoms with E-state index in [0.29, 0.717) is 6.54 Å². The van der Waals surface area contributed by atoms with E-state index >= 15 is 0 Å². The zero-order valence-corrected chi connectivity index (χ0v) is 12.3. The van der Waals surface area contributed by atoms with Gasteiger partial charge in [-0.25, -0.2) is 0 Å². The van der Waals surface area contributed by atoms with Crippen LogP contribution in [0.1, 0.15) is 28.4 Å². The Morgan fingerprint density at radius 3 is 2.55 bits per heavy atom. The molecule has 0 aliphatic heterocycles. The highest BCUT2D eigenvalue weighted by Gasteiger charge is 2.05. The largest absolute Gasteiger partial charge is 0.352 e. The number of carbonyl (C=O) groups excluding carboxylic acids is 1. The molecule has 0 saturated heterocycles. The van der Waals surface area contributed by atoms with Gasteiger partial charge in [-0.05, 0) is 48.2 Å². The zero-order valence-electron chi connectivity index (χ0n) is 11.5. The minimum Gasteiger partial charge on any atom is -0.352 e. The molecule has 0 heterocycles. The molecule has 2 aromatic rings. The minimum absolute atomic E-state index is 0.0192. The van der Waals surface area contributed by atoms with Gasteiger partial charge in [0.15, 0.2) is 0 Å². The Bertz CT molecular complexity index is 578. The van der Waals surface area contributed by atoms with Gasteiger partial charge in [-0.15, -0.1) is 0 Å². The van der Waals surface area contributed by atoms with E-state index in [1.165, 1.54) is 5.56 Å². The lowest BCUT2D eigenvalue weighted by Gasteiger charge is -2.06. The van der Waals surface area contributed by atoms with Gasteiger partial charge in [0.05, 0.1) is 0 Å². The van der Waals surface area contributed by atoms with Crippen molar-refractivity contribution in [2.45, 2.75) is 19.8 Å². The van der Waals surface area contributed by atoms with E-state index in [1.54, 1.807) is 0 Å². The molecule has 1 N–H and O–H groups in total. The Morgan fingerprint density at radius 2 is 1.85 bits per heavy atom. The van der Waals surface area contributed by atoms with E-state index in [1.807, 2.05) is 48.5 Å². The number of rotatable bonds is 5. The van der Waals surface area contributed by atoms with Crippen molar-refractivity contribution < 1.29 is 4.79 Å². The molecule has 20 heavy (non-hydrogen) atoms. The quantitative estimate of drug-likeness (QED) is 0.888. The standard InChI is InChI=1S/C17H18ClNO/c1-2-13-4-3-5-15(12-13)17(20)19-11-10-14-6-8-16(18)9-7-14/h3-9,12H,2,10-11H2,1H3,(H,19,20). The van der Waals surface area contributed by atoms with E-state index in [4.69, 9.17) is 11.6 Å². The molecule has 0 fully saturated rings. The summed E-state index contributed by atoms with van der Waals surface area (Å²) in [4.78, 5) is 12.0. The molecule has 2 rings (SSSR count). The number of nitrogens with one attached hydrogen (secondary N) is 1. The average Bonchev–Trinajstić information content (AvgIpc) is 2.49. The van der Waals surface area contributed by atoms with Gasteiger partial charge in [0.25, 0.3) is 5.91 Å². The number of aryl methyl sites for hydroxylation is 1. The second kappa shape index (κ2) is 7.11. The van der Waals surface area contributed by atoms with Crippen LogP contribution in [0.4, 0.5) is 0 Å². The van der Waals surface area contributed by atoms with E-state index in [9.17, 15) is 4.79 Å². The SMILES string of the molecule is CCc1cccc(C(=O)NCCc2ccc(Cl)cc2)c1. The summed E-state index contributed by atoms with van der Waals surface area (Å²) in [7, 11) is 0. The van der Waals surface area contributed by atoms with Crippen molar-refractivity contribution in [1.82, 2.24) is 5.32 Å². The Balaban J connectivity index is 1.87. The summed E-state index contributed by atoms with van der Waals surface area (Å²) in [5.41, 5.74) is 3.06. The number of hydrogen-bond donors (Lipinski definition) is 1. The molecule has 3 heteroatoms. The molecule has 0 radical (unpaired) electrons. The van der Waals surface area contributed by atoms with Crippen molar-refractivity contribution in [3.63, 3.8) is 0 Å². The Kier molecular flexibility index (Phi) is 5.19. The summed E-state index contributed by atoms with van der Waals surface area (Å²) < 4.78 is 0. The third kappa shape index (κ3) is 4.10. The molecule has 2 nitrogen and oxygen atoms in total. The normalized spacial score (nSPS) is 10.3. The van der Waals surface area contributed by atoms with Crippen LogP contribution < -0.4 is 5.32 Å². The second-order valence-corrected chi connectivity index (χ2v) is 5.12. The van der Waals surface area contributed by atoms with Crippen LogP contribution in [0.5, 0.6) is 0 Å². The van der Waals surface area contributed by atoms with Crippen LogP contribution in [0.15, 0.2) is 48.5 Å². The number of carbonyl (C=O) groups is 1. The monoisotopic (exact) mass is 287 g/mol. The Morgan fingerprint density at radius 1 is 1.10 bits per heavy atom. The summed E-state index contributed by atoms with van der Waals surface area (Å²) in [6, 6.07) is 15.4. The fraction of sp³-hybridized carbons (Fsp3) is 0.235. The molecule has 0 saturated carbocycles. The van der Waals surface area contributed by atoms with E-state index in [-0.39, 0.29) is 5.91 Å². The van der Waals surface area contributed by atoms with E-state index in [0.717, 1.165) is 29.0 Å². The molecule has 2 aromatic carbocycles. The molecule has 104 valence electrons. The maximum atomic E-state index is 12.0. The topological polar surface area (TPSA) is 29.1 Å². The van der Waals surface area contributed by atoms with Crippen LogP contribution in [0.2, 0.25) is 5.02 Å². The van der Waals surface area contributed by atoms with Crippen LogP contribution in [0.3, 0.4) is 0 Å². The van der Waals surface area contributed by atoms with Crippen LogP contribution in [-0.2, 0) is 12.8 Å². The lowest BCUT2D eigenvalue weighted by molar-refractivity contribution is 0.0954. The predicted octanol–water partition coefficient (Wildman–Crippen LogP) is 3.87. The molecule has 0 atom stereocenters. The lowest BCUT2D eigenvalue weighted by Crippen LogP contribution is -2.25. The summed E-state index contributed by atoms with van der Waals surface area (Å²) in [5.74, 6) is -0.0192. The average molecular weight is 288 g/mol. The molecule has 0 spiro atoms. The van der Waals surface area contributed by atoms with Crippen molar-refractivity contribution in [3.05, 3.63) is 70.2 Å². The van der Waals surface area contributed by atoms with Crippen LogP contribution in [-0.4, -0.2) is 12.5 Å². The molecular weight excluding hydrogens is 270 g/mol. The first-order chi connectivity index (χ1) is 9.69. The zero-order chi connectivity index (χ0) is 14.4. The second-order valence-electron chi connectivity index (χ2n) is 4.69. The summed E-state index contributed by atoms with van der Waals surface area (Å²) in [6.07, 6.45) is 1.74. The van der Waals surface area contributed by atoms with Crippen LogP contribution >= 0.6 is 11.6 Å². The third-order valence-electron chi connectivity index (χ3n) is 3.21. The van der Waals surface area contributed by atoms with Gasteiger partial charge in [-0.3, -0.25) is 4.79 Å². The van der Waals surface area contributed by atoms with Gasteiger partial charge in [-0.2, -0.15) is 0 Å². The predicted molar refractivity (Wildman–Crippen MR) is 83.3 cm³/mol. The molecule has 0 aromatic heterocycles. The number of halogens is 1. The van der Waals surface area contributed by atoms with Gasteiger partial charge in [0, 0.05) is 17.1 Å². The van der Waals surface area contributed by atoms with Gasteiger partial charge >= 0.3 is 0 Å². The Hall–Kier alpha value is -1.80. The fourth-order valence-electron chi connectivity index (χ4n) is 2.01. The number of amides is 1. The van der Waals surface area contributed by atoms with Gasteiger partial charge in [0.2, 0.25) is 0 Å². The number of hydrogen-bond acceptors (Lipinski definition) is 1. The van der Waals surface area contributed by atoms with Crippen molar-refractivity contribution in [2.75, 3.05) is 6.54 Å². The highest BCUT2D eigenvalue weighted by molar-refractivity contribution is 6.30. The number of benzene rings is 2. The first kappa shape index (κ1) is 14.6. The summed E-state index contributed by atoms with van der Waals surface area (Å²) >= 11 is 5.83. The van der Waals surface area contributed by atoms with Gasteiger partial charge in [-0.1, -0.05) is 42.8 Å². The van der Waals surface area contributed by atoms with Crippen LogP contribution in [0.25, 0.3) is 0 Å². The van der Waals surface area contributed by atoms with Crippen molar-refractivity contribution in [2.24, 2.45) is 0 Å². The van der Waals surface area contributed by atoms with Crippen LogP contribution in [0, 0.1) is 0 Å². The smallest absolute Gasteiger partial charge is 0.251 e. The molecule has 0 aliphatic carbocycles. The first-order valence-electron chi connectivity index (χ1n) is 6.80. The van der Waals surface area contributed by atoms with E-state index < -0.39 is 0 Å². The van der Waals surface area contributed by atoms with Gasteiger partial charge in [0.1, 0.15) is 0 Å². The third-order valence-corrected chi connectivity index (χ3v) is 3.46. The molecular formula is C17H18ClNO. The minimum atomic E-state index is -0.0192. The Labute approximate surface area is 124 Å². The highest BCUT2D eigenvalue weighted by Crippen LogP contribution is 2.10. The van der Waals surface area contributed by atoms with Gasteiger partial charge < -0.3 is 5.32 Å². The van der Waals surface area contributed by atoms with Crippen molar-refractivity contribution >= 4 is 17.5 Å². The van der Waals surface area contributed by atoms with Crippen molar-refractivity contribution in [1.29, 1.82) is 0 Å². The lowest BCUT2D eigenvalue weighted by atomic mass is 10.1. The maximum absolute atomic E-state index is 12.0. The molecule has 0 unspecified atom stereocenters. The molecule has 1 amide bonds. The van der Waals surface area contributed by atoms with E-state index in [2.05, 4.69) is 12.2 Å². The summed E-state index contributed by atoms with van der Waals surface area (Å²) in [5, 5.41) is 3.67. The molecule has 0 bridgehead atoms. The highest BCUT2D eigenvalue weighted by atomic mass is 35.5. The first-order valence-corrected chi connectivity index (χ1v) is 7.18. The molecule has 0 aliphatic rings. The summed E-state index contributed by atoms with van der Waals surface area (Å²) in [6.45, 7) is 2.70.